The molecule has 42 heavy (non-hydrogen) atoms. The van der Waals surface area contributed by atoms with Gasteiger partial charge in [0, 0.05) is 39.4 Å². The maximum Gasteiger partial charge on any atom is 0.232 e. The van der Waals surface area contributed by atoms with Gasteiger partial charge < -0.3 is 20.5 Å². The highest BCUT2D eigenvalue weighted by Crippen LogP contribution is 2.55. The number of anilines is 2. The molecule has 3 unspecified atom stereocenters. The highest BCUT2D eigenvalue weighted by molar-refractivity contribution is 6.39. The number of benzene rings is 5. The third-order valence-electron chi connectivity index (χ3n) is 10.1. The van der Waals surface area contributed by atoms with E-state index in [0.29, 0.717) is 21.7 Å². The van der Waals surface area contributed by atoms with Crippen LogP contribution in [0.4, 0.5) is 11.4 Å². The average Bonchev–Trinajstić information content (AvgIpc) is 3.07. The first-order chi connectivity index (χ1) is 20.1. The Morgan fingerprint density at radius 1 is 0.833 bits per heavy atom. The summed E-state index contributed by atoms with van der Waals surface area (Å²) in [6.07, 6.45) is 6.39. The van der Waals surface area contributed by atoms with Gasteiger partial charge in [-0.1, -0.05) is 24.5 Å². The molecule has 1 saturated carbocycles. The van der Waals surface area contributed by atoms with Gasteiger partial charge in [-0.05, 0) is 80.0 Å². The Bertz CT molecular complexity index is 2220. The first kappa shape index (κ1) is 25.3. The molecule has 0 saturated heterocycles. The van der Waals surface area contributed by atoms with Crippen molar-refractivity contribution in [3.63, 3.8) is 0 Å². The molecule has 0 amide bonds. The largest absolute Gasteiger partial charge is 0.507 e. The zero-order chi connectivity index (χ0) is 29.4. The zero-order valence-electron chi connectivity index (χ0n) is 24.4. The lowest BCUT2D eigenvalue weighted by Gasteiger charge is -2.41. The van der Waals surface area contributed by atoms with Gasteiger partial charge in [-0.2, -0.15) is 0 Å². The van der Waals surface area contributed by atoms with Crippen LogP contribution in [-0.2, 0) is 4.79 Å². The number of Topliss-reactive ketones (excluding diaryl/α,β-unsaturated/α-hetero) is 1. The minimum absolute atomic E-state index is 0.0613. The van der Waals surface area contributed by atoms with Crippen molar-refractivity contribution >= 4 is 66.3 Å². The third-order valence-corrected chi connectivity index (χ3v) is 10.1. The summed E-state index contributed by atoms with van der Waals surface area (Å²) < 4.78 is 5.80. The first-order valence-corrected chi connectivity index (χ1v) is 14.8. The Morgan fingerprint density at radius 2 is 1.45 bits per heavy atom. The molecule has 212 valence electrons. The summed E-state index contributed by atoms with van der Waals surface area (Å²) >= 11 is 0. The minimum Gasteiger partial charge on any atom is -0.507 e. The third kappa shape index (κ3) is 2.93. The fraction of sp³-hybridized carbons (Fsp3) is 0.343. The molecule has 8 rings (SSSR count). The van der Waals surface area contributed by atoms with E-state index >= 15 is 0 Å². The van der Waals surface area contributed by atoms with E-state index in [0.717, 1.165) is 80.9 Å². The van der Waals surface area contributed by atoms with Crippen LogP contribution in [0.3, 0.4) is 0 Å². The Labute approximate surface area is 241 Å². The van der Waals surface area contributed by atoms with Gasteiger partial charge in [0.15, 0.2) is 11.2 Å². The molecule has 1 aliphatic heterocycles. The van der Waals surface area contributed by atoms with Crippen molar-refractivity contribution < 1.29 is 14.6 Å². The lowest BCUT2D eigenvalue weighted by atomic mass is 9.79. The molecule has 5 aromatic rings. The molecule has 0 aromatic heterocycles. The second-order valence-electron chi connectivity index (χ2n) is 12.6. The van der Waals surface area contributed by atoms with Gasteiger partial charge in [0.05, 0.1) is 35.2 Å². The van der Waals surface area contributed by atoms with E-state index in [1.807, 2.05) is 20.8 Å². The number of rotatable bonds is 2. The number of phenols is 1. The van der Waals surface area contributed by atoms with Crippen LogP contribution in [0.2, 0.25) is 0 Å². The fourth-order valence-corrected chi connectivity index (χ4v) is 8.56. The molecular weight excluding hydrogens is 528 g/mol. The normalized spacial score (nSPS) is 21.3. The number of phenolic OH excluding ortho intramolecular Hbond substituents is 1. The molecule has 0 spiro atoms. The molecular formula is C35H32N2O5. The summed E-state index contributed by atoms with van der Waals surface area (Å²) in [7, 11) is 1.44. The van der Waals surface area contributed by atoms with Gasteiger partial charge in [-0.3, -0.25) is 14.4 Å². The summed E-state index contributed by atoms with van der Waals surface area (Å²) in [6, 6.07) is 3.75. The van der Waals surface area contributed by atoms with Gasteiger partial charge in [-0.25, -0.2) is 0 Å². The van der Waals surface area contributed by atoms with Crippen LogP contribution >= 0.6 is 0 Å². The van der Waals surface area contributed by atoms with Crippen LogP contribution in [0.5, 0.6) is 11.5 Å². The predicted molar refractivity (Wildman–Crippen MR) is 169 cm³/mol. The van der Waals surface area contributed by atoms with Crippen LogP contribution in [0.25, 0.3) is 49.2 Å². The molecule has 3 aliphatic rings. The lowest BCUT2D eigenvalue weighted by Crippen LogP contribution is -2.45. The molecule has 2 aliphatic carbocycles. The van der Waals surface area contributed by atoms with E-state index in [4.69, 9.17) is 4.74 Å². The van der Waals surface area contributed by atoms with Gasteiger partial charge in [0.1, 0.15) is 11.5 Å². The maximum atomic E-state index is 14.1. The Morgan fingerprint density at radius 3 is 2.10 bits per heavy atom. The summed E-state index contributed by atoms with van der Waals surface area (Å²) in [4.78, 5) is 41.6. The van der Waals surface area contributed by atoms with Gasteiger partial charge in [0.2, 0.25) is 5.43 Å². The summed E-state index contributed by atoms with van der Waals surface area (Å²) in [6.45, 7) is 7.33. The molecule has 3 N–H and O–H groups in total. The lowest BCUT2D eigenvalue weighted by molar-refractivity contribution is -0.117. The van der Waals surface area contributed by atoms with E-state index in [-0.39, 0.29) is 40.2 Å². The van der Waals surface area contributed by atoms with Crippen molar-refractivity contribution in [1.82, 2.24) is 0 Å². The summed E-state index contributed by atoms with van der Waals surface area (Å²) in [5.74, 6) is -0.886. The molecule has 5 aromatic carbocycles. The van der Waals surface area contributed by atoms with E-state index in [1.54, 1.807) is 19.1 Å². The molecule has 0 bridgehead atoms. The van der Waals surface area contributed by atoms with E-state index in [1.165, 1.54) is 7.11 Å². The number of nitrogens with one attached hydrogen (secondary N) is 2. The van der Waals surface area contributed by atoms with Crippen molar-refractivity contribution in [3.8, 4) is 11.5 Å². The minimum atomic E-state index is -0.724. The van der Waals surface area contributed by atoms with Gasteiger partial charge in [-0.15, -0.1) is 0 Å². The second kappa shape index (κ2) is 8.34. The summed E-state index contributed by atoms with van der Waals surface area (Å²) in [5.41, 5.74) is 5.00. The van der Waals surface area contributed by atoms with Crippen molar-refractivity contribution in [3.05, 3.63) is 60.4 Å². The van der Waals surface area contributed by atoms with E-state index in [2.05, 4.69) is 16.7 Å². The molecule has 0 radical (unpaired) electrons. The van der Waals surface area contributed by atoms with Crippen molar-refractivity contribution in [1.29, 1.82) is 0 Å². The Hall–Kier alpha value is -4.39. The zero-order valence-corrected chi connectivity index (χ0v) is 24.4. The van der Waals surface area contributed by atoms with Gasteiger partial charge >= 0.3 is 0 Å². The number of ether oxygens (including phenoxy) is 1. The standard InChI is InChI=1S/C35H32N2O5/c1-13-10-17-25-28-23(14(2)11-20(39)26(28)33-32(17)36-18-8-6-7-9-19(18)37-33)24-15(3)12-21(40)27-29(24)30(25)31(22(13)16(4)38)35(42-5)34(27)41/h10-12,18-19,22,36-37,40H,6-9H2,1-5H3. The second-order valence-corrected chi connectivity index (χ2v) is 12.6. The molecule has 7 nitrogen and oxygen atoms in total. The molecule has 1 heterocycles. The van der Waals surface area contributed by atoms with Crippen molar-refractivity contribution in [2.24, 2.45) is 0 Å². The summed E-state index contributed by atoms with van der Waals surface area (Å²) in [5, 5.41) is 24.4. The first-order valence-electron chi connectivity index (χ1n) is 14.8. The SMILES string of the molecule is COc1c2c3c4c(c5c(c6c(=O)cc(C)c(c7c(C)cc(O)c(c1=O)c73)c64)NC1CCCCC1N5)C=C(C)C2C(C)=O. The molecule has 3 atom stereocenters. The number of hydrogen-bond donors (Lipinski definition) is 3. The Kier molecular flexibility index (Phi) is 5.03. The monoisotopic (exact) mass is 560 g/mol. The highest BCUT2D eigenvalue weighted by Gasteiger charge is 2.39. The highest BCUT2D eigenvalue weighted by atomic mass is 16.5. The van der Waals surface area contributed by atoms with Crippen LogP contribution in [-0.4, -0.2) is 30.1 Å². The van der Waals surface area contributed by atoms with Gasteiger partial charge in [0.25, 0.3) is 0 Å². The Balaban J connectivity index is 1.77. The van der Waals surface area contributed by atoms with Crippen LogP contribution in [0.1, 0.15) is 67.7 Å². The van der Waals surface area contributed by atoms with E-state index < -0.39 is 11.3 Å². The number of aryl methyl sites for hydroxylation is 2. The number of methoxy groups -OCH3 is 1. The number of hydrogen-bond acceptors (Lipinski definition) is 7. The number of ketones is 1. The van der Waals surface area contributed by atoms with Crippen molar-refractivity contribution in [2.45, 2.75) is 71.4 Å². The quantitative estimate of drug-likeness (QED) is 0.168. The molecule has 7 heteroatoms. The number of carbonyl (C=O) groups excluding carboxylic acids is 1. The van der Waals surface area contributed by atoms with Crippen LogP contribution < -0.4 is 26.2 Å². The number of carbonyl (C=O) groups is 1. The van der Waals surface area contributed by atoms with Crippen molar-refractivity contribution in [2.75, 3.05) is 17.7 Å². The number of fused-ring (bicyclic) bond motifs is 5. The average molecular weight is 561 g/mol. The topological polar surface area (TPSA) is 105 Å². The van der Waals surface area contributed by atoms with Crippen LogP contribution in [0, 0.1) is 13.8 Å². The molecule has 1 fully saturated rings. The smallest absolute Gasteiger partial charge is 0.232 e. The maximum absolute atomic E-state index is 14.1. The fourth-order valence-electron chi connectivity index (χ4n) is 8.56. The number of aromatic hydroxyl groups is 1. The van der Waals surface area contributed by atoms with E-state index in [9.17, 15) is 19.5 Å². The predicted octanol–water partition coefficient (Wildman–Crippen LogP) is 6.46. The number of allylic oxidation sites excluding steroid dienone is 1. The van der Waals surface area contributed by atoms with Crippen LogP contribution in [0.15, 0.2) is 27.3 Å².